The van der Waals surface area contributed by atoms with E-state index in [1.807, 2.05) is 18.2 Å². The largest absolute Gasteiger partial charge is 0.497 e. The maximum atomic E-state index is 5.65. The molecule has 0 aliphatic heterocycles. The van der Waals surface area contributed by atoms with Crippen molar-refractivity contribution in [3.05, 3.63) is 30.2 Å². The molecule has 1 aromatic carbocycles. The topological polar surface area (TPSA) is 73.2 Å². The predicted octanol–water partition coefficient (Wildman–Crippen LogP) is 1.55. The number of hydrogen-bond acceptors (Lipinski definition) is 4. The summed E-state index contributed by atoms with van der Waals surface area (Å²) in [6, 6.07) is 5.58. The molecular weight excluding hydrogens is 218 g/mol. The molecule has 0 aliphatic rings. The van der Waals surface area contributed by atoms with Crippen molar-refractivity contribution >= 4 is 0 Å². The molecule has 0 fully saturated rings. The van der Waals surface area contributed by atoms with Crippen molar-refractivity contribution in [1.29, 1.82) is 0 Å². The van der Waals surface area contributed by atoms with Crippen molar-refractivity contribution in [3.63, 3.8) is 0 Å². The summed E-state index contributed by atoms with van der Waals surface area (Å²) in [7, 11) is 3.25. The van der Waals surface area contributed by atoms with Crippen LogP contribution in [0.3, 0.4) is 0 Å². The molecule has 0 bridgehead atoms. The molecule has 3 N–H and O–H groups in total. The number of hydrogen-bond donors (Lipinski definition) is 2. The normalized spacial score (nSPS) is 10.3. The summed E-state index contributed by atoms with van der Waals surface area (Å²) >= 11 is 0. The van der Waals surface area contributed by atoms with Gasteiger partial charge in [0.2, 0.25) is 0 Å². The molecule has 0 spiro atoms. The van der Waals surface area contributed by atoms with E-state index in [4.69, 9.17) is 15.2 Å². The van der Waals surface area contributed by atoms with Crippen LogP contribution >= 0.6 is 0 Å². The van der Waals surface area contributed by atoms with Gasteiger partial charge in [0.15, 0.2) is 0 Å². The van der Waals surface area contributed by atoms with Crippen molar-refractivity contribution in [3.8, 4) is 22.8 Å². The number of aromatic nitrogens is 2. The van der Waals surface area contributed by atoms with Gasteiger partial charge in [-0.3, -0.25) is 0 Å². The van der Waals surface area contributed by atoms with E-state index in [0.29, 0.717) is 6.54 Å². The van der Waals surface area contributed by atoms with E-state index in [1.54, 1.807) is 20.5 Å². The van der Waals surface area contributed by atoms with Gasteiger partial charge in [0.1, 0.15) is 11.5 Å². The number of aromatic amines is 1. The third kappa shape index (κ3) is 2.09. The summed E-state index contributed by atoms with van der Waals surface area (Å²) < 4.78 is 10.5. The minimum absolute atomic E-state index is 0.399. The molecule has 0 radical (unpaired) electrons. The van der Waals surface area contributed by atoms with Crippen LogP contribution in [-0.2, 0) is 6.54 Å². The maximum absolute atomic E-state index is 5.65. The van der Waals surface area contributed by atoms with Gasteiger partial charge in [-0.2, -0.15) is 0 Å². The smallest absolute Gasteiger partial charge is 0.128 e. The molecule has 2 rings (SSSR count). The van der Waals surface area contributed by atoms with Gasteiger partial charge < -0.3 is 20.2 Å². The summed E-state index contributed by atoms with van der Waals surface area (Å²) in [5.41, 5.74) is 8.19. The lowest BCUT2D eigenvalue weighted by atomic mass is 10.1. The highest BCUT2D eigenvalue weighted by Crippen LogP contribution is 2.33. The monoisotopic (exact) mass is 233 g/mol. The molecule has 17 heavy (non-hydrogen) atoms. The molecular formula is C12H15N3O2. The predicted molar refractivity (Wildman–Crippen MR) is 65.0 cm³/mol. The Labute approximate surface area is 99.6 Å². The first-order chi connectivity index (χ1) is 8.30. The van der Waals surface area contributed by atoms with Crippen LogP contribution < -0.4 is 15.2 Å². The Hall–Kier alpha value is -2.01. The highest BCUT2D eigenvalue weighted by atomic mass is 16.5. The zero-order valence-electron chi connectivity index (χ0n) is 9.86. The van der Waals surface area contributed by atoms with Crippen LogP contribution in [0.5, 0.6) is 11.5 Å². The highest BCUT2D eigenvalue weighted by molar-refractivity contribution is 5.70. The SMILES string of the molecule is COc1ccc(OC)c(-c2nc[nH]c2CN)c1. The number of H-pyrrole nitrogens is 1. The van der Waals surface area contributed by atoms with Crippen LogP contribution in [0, 0.1) is 0 Å². The number of ether oxygens (including phenoxy) is 2. The quantitative estimate of drug-likeness (QED) is 0.840. The van der Waals surface area contributed by atoms with E-state index >= 15 is 0 Å². The molecule has 1 heterocycles. The average Bonchev–Trinajstić information content (AvgIpc) is 2.86. The van der Waals surface area contributed by atoms with Crippen LogP contribution in [-0.4, -0.2) is 24.2 Å². The molecule has 2 aromatic rings. The second-order valence-corrected chi connectivity index (χ2v) is 3.50. The Balaban J connectivity index is 2.56. The van der Waals surface area contributed by atoms with Crippen molar-refractivity contribution in [2.24, 2.45) is 5.73 Å². The third-order valence-corrected chi connectivity index (χ3v) is 2.58. The lowest BCUT2D eigenvalue weighted by Gasteiger charge is -2.09. The van der Waals surface area contributed by atoms with E-state index in [9.17, 15) is 0 Å². The van der Waals surface area contributed by atoms with Crippen LogP contribution in [0.25, 0.3) is 11.3 Å². The lowest BCUT2D eigenvalue weighted by Crippen LogP contribution is -1.99. The van der Waals surface area contributed by atoms with Gasteiger partial charge in [0, 0.05) is 12.1 Å². The fraction of sp³-hybridized carbons (Fsp3) is 0.250. The minimum Gasteiger partial charge on any atom is -0.497 e. The highest BCUT2D eigenvalue weighted by Gasteiger charge is 2.13. The van der Waals surface area contributed by atoms with Crippen molar-refractivity contribution < 1.29 is 9.47 Å². The number of methoxy groups -OCH3 is 2. The first-order valence-electron chi connectivity index (χ1n) is 5.25. The van der Waals surface area contributed by atoms with Gasteiger partial charge in [-0.25, -0.2) is 4.98 Å². The van der Waals surface area contributed by atoms with Crippen molar-refractivity contribution in [1.82, 2.24) is 9.97 Å². The Bertz CT molecular complexity index is 508. The molecule has 0 saturated carbocycles. The molecule has 0 unspecified atom stereocenters. The van der Waals surface area contributed by atoms with Gasteiger partial charge in [-0.15, -0.1) is 0 Å². The fourth-order valence-electron chi connectivity index (χ4n) is 1.71. The van der Waals surface area contributed by atoms with Gasteiger partial charge in [-0.05, 0) is 18.2 Å². The van der Waals surface area contributed by atoms with Crippen molar-refractivity contribution in [2.45, 2.75) is 6.54 Å². The zero-order chi connectivity index (χ0) is 12.3. The summed E-state index contributed by atoms with van der Waals surface area (Å²) in [5, 5.41) is 0. The Morgan fingerprint density at radius 2 is 2.12 bits per heavy atom. The summed E-state index contributed by atoms with van der Waals surface area (Å²) in [5.74, 6) is 1.50. The van der Waals surface area contributed by atoms with E-state index in [-0.39, 0.29) is 0 Å². The standard InChI is InChI=1S/C12H15N3O2/c1-16-8-3-4-11(17-2)9(5-8)12-10(6-13)14-7-15-12/h3-5,7H,6,13H2,1-2H3,(H,14,15). The Kier molecular flexibility index (Phi) is 3.30. The average molecular weight is 233 g/mol. The van der Waals surface area contributed by atoms with Gasteiger partial charge in [0.05, 0.1) is 31.9 Å². The second-order valence-electron chi connectivity index (χ2n) is 3.50. The molecule has 0 amide bonds. The number of nitrogens with one attached hydrogen (secondary N) is 1. The zero-order valence-corrected chi connectivity index (χ0v) is 9.86. The number of rotatable bonds is 4. The second kappa shape index (κ2) is 4.88. The molecule has 90 valence electrons. The maximum Gasteiger partial charge on any atom is 0.128 e. The Morgan fingerprint density at radius 1 is 1.29 bits per heavy atom. The first-order valence-corrected chi connectivity index (χ1v) is 5.25. The molecule has 1 aromatic heterocycles. The van der Waals surface area contributed by atoms with E-state index in [2.05, 4.69) is 9.97 Å². The molecule has 5 nitrogen and oxygen atoms in total. The van der Waals surface area contributed by atoms with E-state index < -0.39 is 0 Å². The molecule has 0 saturated heterocycles. The van der Waals surface area contributed by atoms with Crippen LogP contribution in [0.15, 0.2) is 24.5 Å². The van der Waals surface area contributed by atoms with Crippen molar-refractivity contribution in [2.75, 3.05) is 14.2 Å². The van der Waals surface area contributed by atoms with E-state index in [1.165, 1.54) is 0 Å². The first kappa shape index (κ1) is 11.5. The van der Waals surface area contributed by atoms with Crippen LogP contribution in [0.2, 0.25) is 0 Å². The summed E-state index contributed by atoms with van der Waals surface area (Å²) in [6.07, 6.45) is 1.62. The number of imidazole rings is 1. The number of nitrogens with two attached hydrogens (primary N) is 1. The van der Waals surface area contributed by atoms with Crippen LogP contribution in [0.4, 0.5) is 0 Å². The molecule has 0 atom stereocenters. The summed E-state index contributed by atoms with van der Waals surface area (Å²) in [6.45, 7) is 0.399. The van der Waals surface area contributed by atoms with Gasteiger partial charge in [-0.1, -0.05) is 0 Å². The number of nitrogens with zero attached hydrogens (tertiary/aromatic N) is 1. The summed E-state index contributed by atoms with van der Waals surface area (Å²) in [4.78, 5) is 7.28. The minimum atomic E-state index is 0.399. The third-order valence-electron chi connectivity index (χ3n) is 2.58. The van der Waals surface area contributed by atoms with E-state index in [0.717, 1.165) is 28.5 Å². The van der Waals surface area contributed by atoms with Crippen LogP contribution in [0.1, 0.15) is 5.69 Å². The number of benzene rings is 1. The van der Waals surface area contributed by atoms with Gasteiger partial charge >= 0.3 is 0 Å². The Morgan fingerprint density at radius 3 is 2.76 bits per heavy atom. The molecule has 0 aliphatic carbocycles. The fourth-order valence-corrected chi connectivity index (χ4v) is 1.71. The lowest BCUT2D eigenvalue weighted by molar-refractivity contribution is 0.404. The van der Waals surface area contributed by atoms with Gasteiger partial charge in [0.25, 0.3) is 0 Å². The molecule has 5 heteroatoms.